The summed E-state index contributed by atoms with van der Waals surface area (Å²) < 4.78 is 0. The Morgan fingerprint density at radius 1 is 1.03 bits per heavy atom. The van der Waals surface area contributed by atoms with E-state index in [4.69, 9.17) is 0 Å². The van der Waals surface area contributed by atoms with E-state index in [1.165, 1.54) is 14.7 Å². The molecule has 1 aromatic heterocycles. The van der Waals surface area contributed by atoms with Crippen LogP contribution in [0.5, 0.6) is 0 Å². The predicted octanol–water partition coefficient (Wildman–Crippen LogP) is 5.55. The molecule has 1 unspecified atom stereocenters. The fraction of sp³-hybridized carbons (Fsp3) is 0.250. The van der Waals surface area contributed by atoms with Gasteiger partial charge in [0.2, 0.25) is 0 Å². The molecule has 0 aliphatic carbocycles. The number of anilines is 1. The largest absolute Gasteiger partial charge is 0.503 e. The number of hydrogen-bond donors (Lipinski definition) is 1. The number of ketones is 1. The van der Waals surface area contributed by atoms with Gasteiger partial charge in [0.25, 0.3) is 11.8 Å². The molecule has 2 aromatic carbocycles. The van der Waals surface area contributed by atoms with Crippen molar-refractivity contribution in [1.29, 1.82) is 0 Å². The molecule has 0 fully saturated rings. The maximum atomic E-state index is 13.4. The summed E-state index contributed by atoms with van der Waals surface area (Å²) in [6.45, 7) is 5.49. The van der Waals surface area contributed by atoms with E-state index in [9.17, 15) is 19.5 Å². The van der Waals surface area contributed by atoms with Gasteiger partial charge >= 0.3 is 0 Å². The third kappa shape index (κ3) is 4.39. The van der Waals surface area contributed by atoms with Gasteiger partial charge in [0, 0.05) is 36.1 Å². The van der Waals surface area contributed by atoms with E-state index in [1.54, 1.807) is 75.7 Å². The quantitative estimate of drug-likeness (QED) is 0.493. The Hall–Kier alpha value is -3.71. The second-order valence-electron chi connectivity index (χ2n) is 9.14. The fourth-order valence-electron chi connectivity index (χ4n) is 4.31. The fourth-order valence-corrected chi connectivity index (χ4v) is 5.02. The molecule has 1 aliphatic heterocycles. The van der Waals surface area contributed by atoms with Crippen LogP contribution in [0.2, 0.25) is 0 Å². The molecule has 2 heterocycles. The number of rotatable bonds is 6. The molecular formula is C28H28N2O4S. The number of carbonyl (C=O) groups is 3. The maximum Gasteiger partial charge on any atom is 0.294 e. The van der Waals surface area contributed by atoms with E-state index in [0.29, 0.717) is 16.8 Å². The Balaban J connectivity index is 1.87. The minimum Gasteiger partial charge on any atom is -0.503 e. The van der Waals surface area contributed by atoms with Crippen molar-refractivity contribution in [2.75, 3.05) is 19.0 Å². The zero-order valence-corrected chi connectivity index (χ0v) is 21.2. The van der Waals surface area contributed by atoms with Crippen LogP contribution < -0.4 is 4.90 Å². The number of nitrogens with zero attached hydrogens (tertiary/aromatic N) is 2. The van der Waals surface area contributed by atoms with Crippen LogP contribution in [-0.2, 0) is 9.59 Å². The Morgan fingerprint density at radius 2 is 1.69 bits per heavy atom. The van der Waals surface area contributed by atoms with Crippen molar-refractivity contribution >= 4 is 34.6 Å². The normalized spacial score (nSPS) is 15.8. The summed E-state index contributed by atoms with van der Waals surface area (Å²) in [7, 11) is 3.30. The molecule has 1 aliphatic rings. The number of aryl methyl sites for hydroxylation is 1. The van der Waals surface area contributed by atoms with Crippen LogP contribution in [0.3, 0.4) is 0 Å². The average Bonchev–Trinajstić information content (AvgIpc) is 3.39. The van der Waals surface area contributed by atoms with Gasteiger partial charge in [0.1, 0.15) is 0 Å². The second kappa shape index (κ2) is 9.50. The highest BCUT2D eigenvalue weighted by Gasteiger charge is 2.46. The van der Waals surface area contributed by atoms with E-state index >= 15 is 0 Å². The van der Waals surface area contributed by atoms with Gasteiger partial charge in [-0.3, -0.25) is 19.3 Å². The Kier molecular flexibility index (Phi) is 6.63. The zero-order valence-electron chi connectivity index (χ0n) is 20.4. The molecule has 0 saturated carbocycles. The molecule has 1 atom stereocenters. The van der Waals surface area contributed by atoms with Crippen LogP contribution in [0.1, 0.15) is 40.7 Å². The molecule has 3 aromatic rings. The number of hydrogen-bond acceptors (Lipinski definition) is 5. The van der Waals surface area contributed by atoms with Gasteiger partial charge in [-0.25, -0.2) is 0 Å². The monoisotopic (exact) mass is 488 g/mol. The number of amides is 2. The highest BCUT2D eigenvalue weighted by molar-refractivity contribution is 7.10. The third-order valence-corrected chi connectivity index (χ3v) is 6.96. The summed E-state index contributed by atoms with van der Waals surface area (Å²) in [4.78, 5) is 43.7. The number of Topliss-reactive ketones (excluding diaryl/α,β-unsaturated/α-hetero) is 1. The van der Waals surface area contributed by atoms with Crippen LogP contribution >= 0.6 is 11.3 Å². The molecule has 0 bridgehead atoms. The predicted molar refractivity (Wildman–Crippen MR) is 139 cm³/mol. The van der Waals surface area contributed by atoms with Crippen molar-refractivity contribution in [3.05, 3.63) is 87.3 Å². The summed E-state index contributed by atoms with van der Waals surface area (Å²) >= 11 is 1.66. The number of thiophene rings is 1. The number of aliphatic hydroxyl groups is 1. The summed E-state index contributed by atoms with van der Waals surface area (Å²) in [5.41, 5.74) is 3.49. The van der Waals surface area contributed by atoms with E-state index < -0.39 is 23.6 Å². The Labute approximate surface area is 209 Å². The molecule has 7 heteroatoms. The minimum atomic E-state index is -0.924. The van der Waals surface area contributed by atoms with Crippen LogP contribution in [-0.4, -0.2) is 41.7 Å². The third-order valence-electron chi connectivity index (χ3n) is 6.10. The lowest BCUT2D eigenvalue weighted by Gasteiger charge is -2.29. The Bertz CT molecular complexity index is 1330. The first kappa shape index (κ1) is 24.4. The average molecular weight is 489 g/mol. The SMILES string of the molecule is Cc1cc(-c2ccc(N3C(=O)C(O)=C(C(=O)C(C)C)C3c3ccccc3C(=O)N(C)C)cc2)cs1. The number of carbonyl (C=O) groups excluding carboxylic acids is 3. The van der Waals surface area contributed by atoms with Crippen LogP contribution in [0.25, 0.3) is 11.1 Å². The molecular weight excluding hydrogens is 460 g/mol. The zero-order chi connectivity index (χ0) is 25.4. The molecule has 2 amide bonds. The van der Waals surface area contributed by atoms with Gasteiger partial charge < -0.3 is 10.0 Å². The van der Waals surface area contributed by atoms with Crippen molar-refractivity contribution < 1.29 is 19.5 Å². The lowest BCUT2D eigenvalue weighted by Crippen LogP contribution is -2.33. The van der Waals surface area contributed by atoms with Gasteiger partial charge in [-0.2, -0.15) is 0 Å². The van der Waals surface area contributed by atoms with Gasteiger partial charge in [0.15, 0.2) is 11.5 Å². The maximum absolute atomic E-state index is 13.4. The summed E-state index contributed by atoms with van der Waals surface area (Å²) in [6, 6.07) is 15.5. The lowest BCUT2D eigenvalue weighted by atomic mass is 9.88. The summed E-state index contributed by atoms with van der Waals surface area (Å²) in [6.07, 6.45) is 0. The summed E-state index contributed by atoms with van der Waals surface area (Å²) in [5, 5.41) is 13.0. The number of benzene rings is 2. The van der Waals surface area contributed by atoms with Crippen LogP contribution in [0.4, 0.5) is 5.69 Å². The molecule has 1 N–H and O–H groups in total. The van der Waals surface area contributed by atoms with Crippen molar-refractivity contribution in [3.8, 4) is 11.1 Å². The Morgan fingerprint density at radius 3 is 2.26 bits per heavy atom. The highest BCUT2D eigenvalue weighted by atomic mass is 32.1. The topological polar surface area (TPSA) is 77.9 Å². The van der Waals surface area contributed by atoms with Gasteiger partial charge in [0.05, 0.1) is 11.6 Å². The van der Waals surface area contributed by atoms with E-state index in [-0.39, 0.29) is 17.3 Å². The van der Waals surface area contributed by atoms with E-state index in [0.717, 1.165) is 11.1 Å². The van der Waals surface area contributed by atoms with Crippen molar-refractivity contribution in [1.82, 2.24) is 4.90 Å². The lowest BCUT2D eigenvalue weighted by molar-refractivity contribution is -0.119. The molecule has 180 valence electrons. The van der Waals surface area contributed by atoms with Crippen molar-refractivity contribution in [3.63, 3.8) is 0 Å². The highest BCUT2D eigenvalue weighted by Crippen LogP contribution is 2.43. The second-order valence-corrected chi connectivity index (χ2v) is 10.3. The first-order valence-corrected chi connectivity index (χ1v) is 12.3. The van der Waals surface area contributed by atoms with E-state index in [2.05, 4.69) is 11.4 Å². The van der Waals surface area contributed by atoms with Gasteiger partial charge in [-0.05, 0) is 53.3 Å². The van der Waals surface area contributed by atoms with Gasteiger partial charge in [-0.1, -0.05) is 44.2 Å². The first-order valence-electron chi connectivity index (χ1n) is 11.4. The molecule has 35 heavy (non-hydrogen) atoms. The van der Waals surface area contributed by atoms with E-state index in [1.807, 2.05) is 19.1 Å². The molecule has 4 rings (SSSR count). The molecule has 0 radical (unpaired) electrons. The molecule has 0 saturated heterocycles. The molecule has 6 nitrogen and oxygen atoms in total. The van der Waals surface area contributed by atoms with Crippen LogP contribution in [0, 0.1) is 12.8 Å². The standard InChI is InChI=1S/C28H28N2O4S/c1-16(2)25(31)23-24(21-8-6-7-9-22(21)27(33)29(4)5)30(28(34)26(23)32)20-12-10-18(11-13-20)19-14-17(3)35-15-19/h6-16,24,32H,1-5H3. The van der Waals surface area contributed by atoms with Crippen molar-refractivity contribution in [2.45, 2.75) is 26.8 Å². The number of aliphatic hydroxyl groups excluding tert-OH is 1. The molecule has 0 spiro atoms. The first-order chi connectivity index (χ1) is 16.6. The minimum absolute atomic E-state index is 0.0153. The van der Waals surface area contributed by atoms with Crippen LogP contribution in [0.15, 0.2) is 71.3 Å². The smallest absolute Gasteiger partial charge is 0.294 e. The van der Waals surface area contributed by atoms with Crippen molar-refractivity contribution in [2.24, 2.45) is 5.92 Å². The van der Waals surface area contributed by atoms with Gasteiger partial charge in [-0.15, -0.1) is 11.3 Å². The summed E-state index contributed by atoms with van der Waals surface area (Å²) in [5.74, 6) is -2.26.